The van der Waals surface area contributed by atoms with Crippen molar-refractivity contribution in [3.8, 4) is 0 Å². The first-order chi connectivity index (χ1) is 14.9. The Morgan fingerprint density at radius 3 is 1.56 bits per heavy atom. The lowest BCUT2D eigenvalue weighted by molar-refractivity contribution is -0.167. The van der Waals surface area contributed by atoms with Crippen molar-refractivity contribution in [3.05, 3.63) is 81.9 Å². The van der Waals surface area contributed by atoms with Crippen molar-refractivity contribution in [1.82, 2.24) is 0 Å². The van der Waals surface area contributed by atoms with Gasteiger partial charge in [0, 0.05) is 5.69 Å². The fourth-order valence-corrected chi connectivity index (χ4v) is 4.80. The smallest absolute Gasteiger partial charge is 0.319 e. The molecule has 3 aromatic carbocycles. The summed E-state index contributed by atoms with van der Waals surface area (Å²) in [5.74, 6) is -1.97. The number of hydrogen-bond donors (Lipinski definition) is 1. The molecule has 0 saturated carbocycles. The van der Waals surface area contributed by atoms with Crippen LogP contribution in [0, 0.1) is 41.5 Å². The Bertz CT molecular complexity index is 1080. The predicted octanol–water partition coefficient (Wildman–Crippen LogP) is 4.55. The number of anilines is 1. The maximum Gasteiger partial charge on any atom is 0.471 e. The van der Waals surface area contributed by atoms with Crippen molar-refractivity contribution in [1.29, 1.82) is 0 Å². The fourth-order valence-electron chi connectivity index (χ4n) is 4.80. The van der Waals surface area contributed by atoms with E-state index >= 15 is 0 Å². The summed E-state index contributed by atoms with van der Waals surface area (Å²) < 4.78 is 39.1. The number of amides is 1. The molecule has 6 heteroatoms. The van der Waals surface area contributed by atoms with Gasteiger partial charge in [-0.25, -0.2) is 0 Å². The first kappa shape index (κ1) is 23.6. The topological polar surface area (TPSA) is 29.1 Å². The van der Waals surface area contributed by atoms with Gasteiger partial charge in [-0.05, 0) is 53.1 Å². The number of hydrogen-bond acceptors (Lipinski definition) is 1. The lowest BCUT2D eigenvalue weighted by Gasteiger charge is -2.26. The molecule has 2 nitrogen and oxygen atoms in total. The van der Waals surface area contributed by atoms with Gasteiger partial charge < -0.3 is 5.32 Å². The number of aryl methyl sites for hydroxylation is 6. The van der Waals surface area contributed by atoms with Crippen molar-refractivity contribution < 1.29 is 18.0 Å². The molecule has 0 aliphatic carbocycles. The third-order valence-electron chi connectivity index (χ3n) is 5.83. The molecule has 0 fully saturated rings. The number of carbonyl (C=O) groups excluding carboxylic acids is 1. The van der Waals surface area contributed by atoms with Gasteiger partial charge in [0.2, 0.25) is 6.71 Å². The average molecular weight is 437 g/mol. The summed E-state index contributed by atoms with van der Waals surface area (Å²) in [6.07, 6.45) is -4.96. The number of rotatable bonds is 4. The molecule has 0 aliphatic rings. The van der Waals surface area contributed by atoms with Crippen LogP contribution in [0.1, 0.15) is 33.4 Å². The Morgan fingerprint density at radius 1 is 0.750 bits per heavy atom. The van der Waals surface area contributed by atoms with Gasteiger partial charge in [-0.2, -0.15) is 13.2 Å². The summed E-state index contributed by atoms with van der Waals surface area (Å²) in [4.78, 5) is 11.8. The van der Waals surface area contributed by atoms with Crippen LogP contribution in [0.5, 0.6) is 0 Å². The van der Waals surface area contributed by atoms with Crippen molar-refractivity contribution in [2.45, 2.75) is 47.7 Å². The van der Waals surface area contributed by atoms with Gasteiger partial charge in [0.1, 0.15) is 0 Å². The van der Waals surface area contributed by atoms with Gasteiger partial charge in [-0.3, -0.25) is 4.79 Å². The van der Waals surface area contributed by atoms with E-state index in [1.165, 1.54) is 6.07 Å². The van der Waals surface area contributed by atoms with Crippen LogP contribution in [0.3, 0.4) is 0 Å². The zero-order valence-electron chi connectivity index (χ0n) is 19.2. The van der Waals surface area contributed by atoms with E-state index in [1.807, 2.05) is 41.5 Å². The summed E-state index contributed by atoms with van der Waals surface area (Å²) in [7, 11) is 0. The number of carbonyl (C=O) groups is 1. The summed E-state index contributed by atoms with van der Waals surface area (Å²) >= 11 is 0. The van der Waals surface area contributed by atoms with Crippen LogP contribution in [0.4, 0.5) is 18.9 Å². The predicted molar refractivity (Wildman–Crippen MR) is 127 cm³/mol. The minimum absolute atomic E-state index is 0.165. The molecule has 0 aliphatic heterocycles. The summed E-state index contributed by atoms with van der Waals surface area (Å²) in [5, 5.41) is 2.11. The second-order valence-electron chi connectivity index (χ2n) is 8.60. The molecule has 1 amide bonds. The Hall–Kier alpha value is -3.02. The highest BCUT2D eigenvalue weighted by Gasteiger charge is 2.39. The van der Waals surface area contributed by atoms with E-state index in [1.54, 1.807) is 18.2 Å². The fraction of sp³-hybridized carbons (Fsp3) is 0.269. The zero-order chi connectivity index (χ0) is 23.8. The van der Waals surface area contributed by atoms with Crippen LogP contribution in [0.25, 0.3) is 0 Å². The maximum absolute atomic E-state index is 13.0. The number of benzene rings is 3. The first-order valence-corrected chi connectivity index (χ1v) is 10.5. The van der Waals surface area contributed by atoms with E-state index in [0.717, 1.165) is 44.3 Å². The highest BCUT2D eigenvalue weighted by atomic mass is 19.4. The number of alkyl halides is 3. The zero-order valence-corrected chi connectivity index (χ0v) is 19.2. The summed E-state index contributed by atoms with van der Waals surface area (Å²) in [6.45, 7) is 11.8. The lowest BCUT2D eigenvalue weighted by atomic mass is 9.34. The normalized spacial score (nSPS) is 11.4. The van der Waals surface area contributed by atoms with Gasteiger partial charge in [0.25, 0.3) is 0 Å². The lowest BCUT2D eigenvalue weighted by Crippen LogP contribution is -2.56. The van der Waals surface area contributed by atoms with Crippen molar-refractivity contribution >= 4 is 34.7 Å². The molecule has 0 unspecified atom stereocenters. The maximum atomic E-state index is 13.0. The van der Waals surface area contributed by atoms with E-state index in [4.69, 9.17) is 0 Å². The van der Waals surface area contributed by atoms with Gasteiger partial charge in [0.15, 0.2) is 0 Å². The summed E-state index contributed by atoms with van der Waals surface area (Å²) in [6, 6.07) is 15.1. The second kappa shape index (κ2) is 8.85. The molecule has 0 radical (unpaired) electrons. The van der Waals surface area contributed by atoms with Crippen LogP contribution in [-0.4, -0.2) is 18.8 Å². The van der Waals surface area contributed by atoms with E-state index in [9.17, 15) is 18.0 Å². The molecule has 1 N–H and O–H groups in total. The van der Waals surface area contributed by atoms with Crippen molar-refractivity contribution in [3.63, 3.8) is 0 Å². The Morgan fingerprint density at radius 2 is 1.16 bits per heavy atom. The van der Waals surface area contributed by atoms with E-state index in [-0.39, 0.29) is 12.4 Å². The minimum Gasteiger partial charge on any atom is -0.319 e. The molecule has 0 bridgehead atoms. The van der Waals surface area contributed by atoms with Crippen LogP contribution < -0.4 is 21.7 Å². The highest BCUT2D eigenvalue weighted by Crippen LogP contribution is 2.19. The minimum atomic E-state index is -4.96. The Labute approximate surface area is 187 Å². The quantitative estimate of drug-likeness (QED) is 0.597. The largest absolute Gasteiger partial charge is 0.471 e. The average Bonchev–Trinajstić information content (AvgIpc) is 2.65. The van der Waals surface area contributed by atoms with Crippen LogP contribution in [0.2, 0.25) is 0 Å². The van der Waals surface area contributed by atoms with Crippen molar-refractivity contribution in [2.75, 3.05) is 5.32 Å². The van der Waals surface area contributed by atoms with Gasteiger partial charge >= 0.3 is 12.1 Å². The molecular weight excluding hydrogens is 410 g/mol. The second-order valence-corrected chi connectivity index (χ2v) is 8.60. The Kier molecular flexibility index (Phi) is 6.54. The molecule has 0 atom stereocenters. The number of halogens is 3. The van der Waals surface area contributed by atoms with E-state index in [0.29, 0.717) is 5.46 Å². The van der Waals surface area contributed by atoms with Gasteiger partial charge in [-0.15, -0.1) is 0 Å². The highest BCUT2D eigenvalue weighted by molar-refractivity contribution is 6.97. The molecule has 0 heterocycles. The van der Waals surface area contributed by atoms with E-state index < -0.39 is 12.1 Å². The van der Waals surface area contributed by atoms with Crippen molar-refractivity contribution in [2.24, 2.45) is 0 Å². The molecule has 0 saturated heterocycles. The molecule has 3 rings (SSSR count). The SMILES string of the molecule is Cc1cc(C)c(B(c2ccccc2NC(=O)C(F)(F)F)c2c(C)cc(C)cc2C)c(C)c1. The molecule has 0 spiro atoms. The van der Waals surface area contributed by atoms with Gasteiger partial charge in [0.05, 0.1) is 0 Å². The molecule has 166 valence electrons. The number of para-hydroxylation sites is 1. The monoisotopic (exact) mass is 437 g/mol. The van der Waals surface area contributed by atoms with E-state index in [2.05, 4.69) is 29.6 Å². The Balaban J connectivity index is 2.34. The van der Waals surface area contributed by atoms with Crippen LogP contribution in [0.15, 0.2) is 48.5 Å². The molecule has 0 aromatic heterocycles. The number of nitrogens with one attached hydrogen (secondary N) is 1. The first-order valence-electron chi connectivity index (χ1n) is 10.5. The summed E-state index contributed by atoms with van der Waals surface area (Å²) in [5.41, 5.74) is 9.37. The third-order valence-corrected chi connectivity index (χ3v) is 5.83. The molecular formula is C26H27BF3NO. The molecule has 32 heavy (non-hydrogen) atoms. The standard InChI is InChI=1S/C26H27BF3NO/c1-15-11-17(3)23(18(4)12-15)27(24-19(5)13-16(2)14-20(24)6)21-9-7-8-10-22(21)31-25(32)26(28,29)30/h7-14H,1-6H3,(H,31,32). The molecule has 3 aromatic rings. The van der Waals surface area contributed by atoms with Gasteiger partial charge in [-0.1, -0.05) is 86.8 Å². The third kappa shape index (κ3) is 4.74. The van der Waals surface area contributed by atoms with Crippen LogP contribution in [-0.2, 0) is 4.79 Å². The van der Waals surface area contributed by atoms with Crippen LogP contribution >= 0.6 is 0 Å².